The lowest BCUT2D eigenvalue weighted by Gasteiger charge is -2.22. The predicted molar refractivity (Wildman–Crippen MR) is 118 cm³/mol. The van der Waals surface area contributed by atoms with Crippen molar-refractivity contribution in [2.24, 2.45) is 0 Å². The quantitative estimate of drug-likeness (QED) is 0.521. The van der Waals surface area contributed by atoms with Crippen LogP contribution >= 0.6 is 0 Å². The van der Waals surface area contributed by atoms with E-state index in [1.54, 1.807) is 20.0 Å². The van der Waals surface area contributed by atoms with E-state index >= 15 is 0 Å². The number of carbonyl (C=O) groups excluding carboxylic acids is 1. The second-order valence-electron chi connectivity index (χ2n) is 8.86. The van der Waals surface area contributed by atoms with Gasteiger partial charge in [-0.2, -0.15) is 0 Å². The molecule has 0 spiro atoms. The molecule has 6 rings (SSSR count). The lowest BCUT2D eigenvalue weighted by molar-refractivity contribution is 0.0738. The summed E-state index contributed by atoms with van der Waals surface area (Å²) in [5.74, 6) is 0.847. The summed E-state index contributed by atoms with van der Waals surface area (Å²) in [4.78, 5) is 22.4. The molecule has 0 radical (unpaired) electrons. The zero-order valence-corrected chi connectivity index (χ0v) is 17.3. The van der Waals surface area contributed by atoms with Gasteiger partial charge in [-0.25, -0.2) is 4.98 Å². The SMILES string of the molecule is CC(C)(O)c1ccc(-c2cccc3c2C2CC(NC3=O)c3nc4ccccc4n32)cn1. The van der Waals surface area contributed by atoms with Crippen molar-refractivity contribution in [3.63, 3.8) is 0 Å². The van der Waals surface area contributed by atoms with Gasteiger partial charge >= 0.3 is 0 Å². The molecule has 2 unspecified atom stereocenters. The highest BCUT2D eigenvalue weighted by Crippen LogP contribution is 2.47. The molecule has 2 aromatic heterocycles. The van der Waals surface area contributed by atoms with E-state index in [1.165, 1.54) is 0 Å². The first-order chi connectivity index (χ1) is 14.9. The van der Waals surface area contributed by atoms with Gasteiger partial charge in [0.1, 0.15) is 11.4 Å². The number of imidazole rings is 1. The van der Waals surface area contributed by atoms with Crippen molar-refractivity contribution in [2.45, 2.75) is 38.0 Å². The van der Waals surface area contributed by atoms with Crippen LogP contribution in [0.5, 0.6) is 0 Å². The number of para-hydroxylation sites is 2. The van der Waals surface area contributed by atoms with Gasteiger partial charge in [-0.3, -0.25) is 9.78 Å². The first kappa shape index (κ1) is 18.3. The van der Waals surface area contributed by atoms with Gasteiger partial charge in [0.2, 0.25) is 0 Å². The Morgan fingerprint density at radius 3 is 2.65 bits per heavy atom. The van der Waals surface area contributed by atoms with E-state index in [9.17, 15) is 9.90 Å². The fraction of sp³-hybridized carbons (Fsp3) is 0.240. The van der Waals surface area contributed by atoms with E-state index < -0.39 is 5.60 Å². The minimum absolute atomic E-state index is 0.00603. The number of hydrogen-bond acceptors (Lipinski definition) is 4. The van der Waals surface area contributed by atoms with Crippen LogP contribution in [0.3, 0.4) is 0 Å². The highest BCUT2D eigenvalue weighted by Gasteiger charge is 2.41. The zero-order valence-electron chi connectivity index (χ0n) is 17.3. The van der Waals surface area contributed by atoms with Crippen LogP contribution in [-0.2, 0) is 5.60 Å². The second-order valence-corrected chi connectivity index (χ2v) is 8.86. The van der Waals surface area contributed by atoms with Crippen molar-refractivity contribution in [1.29, 1.82) is 0 Å². The summed E-state index contributed by atoms with van der Waals surface area (Å²) in [7, 11) is 0. The molecule has 1 amide bonds. The smallest absolute Gasteiger partial charge is 0.252 e. The minimum Gasteiger partial charge on any atom is -0.384 e. The maximum absolute atomic E-state index is 13.1. The Balaban J connectivity index is 1.58. The number of hydrogen-bond donors (Lipinski definition) is 2. The van der Waals surface area contributed by atoms with Crippen LogP contribution in [-0.4, -0.2) is 25.5 Å². The van der Waals surface area contributed by atoms with Crippen LogP contribution in [0.15, 0.2) is 60.8 Å². The molecule has 2 N–H and O–H groups in total. The van der Waals surface area contributed by atoms with Crippen molar-refractivity contribution in [1.82, 2.24) is 19.9 Å². The summed E-state index contributed by atoms with van der Waals surface area (Å²) in [6.45, 7) is 3.44. The molecule has 31 heavy (non-hydrogen) atoms. The molecule has 154 valence electrons. The number of nitrogens with zero attached hydrogens (tertiary/aromatic N) is 3. The van der Waals surface area contributed by atoms with E-state index in [4.69, 9.17) is 4.98 Å². The average molecular weight is 410 g/mol. The largest absolute Gasteiger partial charge is 0.384 e. The van der Waals surface area contributed by atoms with Gasteiger partial charge < -0.3 is 15.0 Å². The lowest BCUT2D eigenvalue weighted by atomic mass is 9.90. The van der Waals surface area contributed by atoms with E-state index in [1.807, 2.05) is 48.5 Å². The van der Waals surface area contributed by atoms with Crippen LogP contribution in [0, 0.1) is 0 Å². The van der Waals surface area contributed by atoms with Gasteiger partial charge in [0.25, 0.3) is 5.91 Å². The van der Waals surface area contributed by atoms with Gasteiger partial charge in [-0.15, -0.1) is 0 Å². The minimum atomic E-state index is -1.00. The molecule has 0 saturated carbocycles. The number of amides is 1. The molecule has 2 atom stereocenters. The van der Waals surface area contributed by atoms with E-state index in [2.05, 4.69) is 20.9 Å². The molecule has 0 aliphatic carbocycles. The van der Waals surface area contributed by atoms with Crippen LogP contribution in [0.25, 0.3) is 22.2 Å². The molecule has 2 aromatic carbocycles. The first-order valence-electron chi connectivity index (χ1n) is 10.5. The van der Waals surface area contributed by atoms with E-state index in [0.29, 0.717) is 11.3 Å². The second kappa shape index (κ2) is 6.25. The summed E-state index contributed by atoms with van der Waals surface area (Å²) in [5, 5.41) is 13.4. The van der Waals surface area contributed by atoms with Crippen LogP contribution in [0.1, 0.15) is 59.8 Å². The maximum Gasteiger partial charge on any atom is 0.252 e. The molecular weight excluding hydrogens is 388 g/mol. The molecule has 0 saturated heterocycles. The standard InChI is InChI=1S/C25H22N4O2/c1-25(2,31)21-11-10-14(13-26-21)15-6-5-7-16-22(15)20-12-18(28-24(16)30)23-27-17-8-3-4-9-19(17)29(20)23/h3-11,13,18,20,31H,12H2,1-2H3,(H,28,30). The molecule has 2 bridgehead atoms. The number of benzene rings is 2. The Kier molecular flexibility index (Phi) is 3.68. The number of carbonyl (C=O) groups is 1. The maximum atomic E-state index is 13.1. The summed E-state index contributed by atoms with van der Waals surface area (Å²) >= 11 is 0. The van der Waals surface area contributed by atoms with E-state index in [0.717, 1.165) is 40.0 Å². The molecule has 4 aromatic rings. The average Bonchev–Trinajstić information content (AvgIpc) is 3.25. The zero-order chi connectivity index (χ0) is 21.3. The third-order valence-corrected chi connectivity index (χ3v) is 6.40. The Hall–Kier alpha value is -3.51. The summed E-state index contributed by atoms with van der Waals surface area (Å²) < 4.78 is 2.28. The van der Waals surface area contributed by atoms with Crippen LogP contribution in [0.2, 0.25) is 0 Å². The Labute approximate surface area is 179 Å². The molecule has 2 aliphatic rings. The van der Waals surface area contributed by atoms with Gasteiger partial charge in [0.15, 0.2) is 0 Å². The molecule has 0 fully saturated rings. The number of aromatic nitrogens is 3. The van der Waals surface area contributed by atoms with Crippen molar-refractivity contribution < 1.29 is 9.90 Å². The third kappa shape index (κ3) is 2.65. The van der Waals surface area contributed by atoms with Gasteiger partial charge in [-0.05, 0) is 55.7 Å². The summed E-state index contributed by atoms with van der Waals surface area (Å²) in [5.41, 5.74) is 5.24. The summed E-state index contributed by atoms with van der Waals surface area (Å²) in [6, 6.07) is 17.7. The highest BCUT2D eigenvalue weighted by molar-refractivity contribution is 5.99. The monoisotopic (exact) mass is 410 g/mol. The fourth-order valence-corrected chi connectivity index (χ4v) is 4.97. The topological polar surface area (TPSA) is 80.0 Å². The molecule has 6 nitrogen and oxygen atoms in total. The first-order valence-corrected chi connectivity index (χ1v) is 10.5. The Morgan fingerprint density at radius 1 is 1.06 bits per heavy atom. The molecule has 6 heteroatoms. The normalized spacial score (nSPS) is 19.6. The van der Waals surface area contributed by atoms with Gasteiger partial charge in [0, 0.05) is 17.3 Å². The van der Waals surface area contributed by atoms with Gasteiger partial charge in [0.05, 0.1) is 28.8 Å². The number of rotatable bonds is 2. The molecular formula is C25H22N4O2. The van der Waals surface area contributed by atoms with Gasteiger partial charge in [-0.1, -0.05) is 30.3 Å². The van der Waals surface area contributed by atoms with E-state index in [-0.39, 0.29) is 18.0 Å². The van der Waals surface area contributed by atoms with Crippen molar-refractivity contribution in [3.05, 3.63) is 83.4 Å². The number of nitrogens with one attached hydrogen (secondary N) is 1. The highest BCUT2D eigenvalue weighted by atomic mass is 16.3. The Bertz CT molecular complexity index is 1350. The molecule has 4 heterocycles. The predicted octanol–water partition coefficient (Wildman–Crippen LogP) is 4.10. The summed E-state index contributed by atoms with van der Waals surface area (Å²) in [6.07, 6.45) is 2.56. The van der Waals surface area contributed by atoms with Crippen molar-refractivity contribution >= 4 is 16.9 Å². The number of aliphatic hydroxyl groups is 1. The Morgan fingerprint density at radius 2 is 1.87 bits per heavy atom. The fourth-order valence-electron chi connectivity index (χ4n) is 4.97. The lowest BCUT2D eigenvalue weighted by Crippen LogP contribution is -2.28. The van der Waals surface area contributed by atoms with Crippen LogP contribution < -0.4 is 5.32 Å². The number of pyridine rings is 1. The van der Waals surface area contributed by atoms with Crippen molar-refractivity contribution in [3.8, 4) is 11.1 Å². The number of fused-ring (bicyclic) bond motifs is 9. The van der Waals surface area contributed by atoms with Crippen molar-refractivity contribution in [2.75, 3.05) is 0 Å². The molecule has 2 aliphatic heterocycles. The third-order valence-electron chi connectivity index (χ3n) is 6.40. The van der Waals surface area contributed by atoms with Crippen LogP contribution in [0.4, 0.5) is 0 Å².